The first-order valence-electron chi connectivity index (χ1n) is 7.72. The summed E-state index contributed by atoms with van der Waals surface area (Å²) in [5.74, 6) is 5.23. The fourth-order valence-corrected chi connectivity index (χ4v) is 2.09. The summed E-state index contributed by atoms with van der Waals surface area (Å²) in [6, 6.07) is 10.2. The van der Waals surface area contributed by atoms with Crippen molar-refractivity contribution in [1.29, 1.82) is 0 Å². The van der Waals surface area contributed by atoms with Crippen molar-refractivity contribution < 1.29 is 9.59 Å². The van der Waals surface area contributed by atoms with Crippen molar-refractivity contribution in [1.82, 2.24) is 15.5 Å². The molecule has 0 fully saturated rings. The number of nitrogens with zero attached hydrogens (tertiary/aromatic N) is 1. The molecule has 2 amide bonds. The lowest BCUT2D eigenvalue weighted by molar-refractivity contribution is -0.123. The van der Waals surface area contributed by atoms with Crippen molar-refractivity contribution in [3.05, 3.63) is 48.2 Å². The maximum Gasteiger partial charge on any atom is 0.296 e. The second kappa shape index (κ2) is 8.53. The van der Waals surface area contributed by atoms with Crippen LogP contribution in [-0.2, 0) is 9.59 Å². The molecule has 3 N–H and O–H groups in total. The monoisotopic (exact) mass is 324 g/mol. The highest BCUT2D eigenvalue weighted by Crippen LogP contribution is 2.08. The normalized spacial score (nSPS) is 11.3. The summed E-state index contributed by atoms with van der Waals surface area (Å²) in [5.41, 5.74) is 0.745. The molecule has 0 radical (unpaired) electrons. The van der Waals surface area contributed by atoms with Crippen LogP contribution in [0.4, 0.5) is 5.82 Å². The lowest BCUT2D eigenvalue weighted by atomic mass is 10.0. The third-order valence-electron chi connectivity index (χ3n) is 3.18. The molecule has 1 unspecified atom stereocenters. The molecular weight excluding hydrogens is 304 g/mol. The summed E-state index contributed by atoms with van der Waals surface area (Å²) in [6.07, 6.45) is 2.05. The van der Waals surface area contributed by atoms with Crippen LogP contribution in [-0.4, -0.2) is 28.1 Å². The first-order valence-corrected chi connectivity index (χ1v) is 7.72. The minimum atomic E-state index is -0.661. The zero-order valence-corrected chi connectivity index (χ0v) is 13.7. The fraction of sp³-hybridized carbons (Fsp3) is 0.278. The molecule has 2 aromatic rings. The van der Waals surface area contributed by atoms with Gasteiger partial charge >= 0.3 is 0 Å². The van der Waals surface area contributed by atoms with Gasteiger partial charge in [0.2, 0.25) is 5.91 Å². The summed E-state index contributed by atoms with van der Waals surface area (Å²) in [5, 5.41) is 11.8. The zero-order chi connectivity index (χ0) is 17.4. The average Bonchev–Trinajstić information content (AvgIpc) is 3.06. The Morgan fingerprint density at radius 1 is 1.21 bits per heavy atom. The van der Waals surface area contributed by atoms with E-state index in [1.54, 1.807) is 6.07 Å². The van der Waals surface area contributed by atoms with E-state index in [9.17, 15) is 9.59 Å². The Hall–Kier alpha value is -3.07. The molecule has 0 aliphatic heterocycles. The van der Waals surface area contributed by atoms with E-state index in [-0.39, 0.29) is 11.8 Å². The molecule has 6 heteroatoms. The van der Waals surface area contributed by atoms with Gasteiger partial charge in [-0.25, -0.2) is 0 Å². The summed E-state index contributed by atoms with van der Waals surface area (Å²) in [4.78, 5) is 24.4. The van der Waals surface area contributed by atoms with Crippen LogP contribution in [0.15, 0.2) is 42.6 Å². The minimum Gasteiger partial charge on any atom is -0.333 e. The van der Waals surface area contributed by atoms with Crippen LogP contribution in [0.1, 0.15) is 25.8 Å². The quantitative estimate of drug-likeness (QED) is 0.735. The number of H-pyrrole nitrogens is 1. The molecule has 24 heavy (non-hydrogen) atoms. The molecule has 0 aliphatic carbocycles. The van der Waals surface area contributed by atoms with Gasteiger partial charge in [0.25, 0.3) is 5.91 Å². The van der Waals surface area contributed by atoms with E-state index in [2.05, 4.69) is 32.7 Å². The molecule has 0 spiro atoms. The van der Waals surface area contributed by atoms with Gasteiger partial charge in [-0.15, -0.1) is 0 Å². The number of aromatic amines is 1. The number of carbonyl (C=O) groups excluding carboxylic acids is 2. The van der Waals surface area contributed by atoms with E-state index in [1.807, 2.05) is 44.2 Å². The summed E-state index contributed by atoms with van der Waals surface area (Å²) < 4.78 is 0. The molecule has 1 atom stereocenters. The van der Waals surface area contributed by atoms with Crippen molar-refractivity contribution >= 4 is 17.6 Å². The standard InChI is InChI=1S/C18H20N4O2/c1-13(2)12-15(18(24)21-16-10-11-19-22-16)20-17(23)9-8-14-6-4-3-5-7-14/h3-7,10-11,13,15H,12H2,1-2H3,(H,20,23)(H2,19,21,22,24). The van der Waals surface area contributed by atoms with Gasteiger partial charge in [-0.2, -0.15) is 5.10 Å². The molecule has 0 saturated heterocycles. The number of amides is 2. The molecule has 2 rings (SSSR count). The maximum absolute atomic E-state index is 12.3. The number of anilines is 1. The molecule has 0 aliphatic rings. The predicted octanol–water partition coefficient (Wildman–Crippen LogP) is 1.93. The summed E-state index contributed by atoms with van der Waals surface area (Å²) in [6.45, 7) is 3.97. The van der Waals surface area contributed by atoms with Crippen molar-refractivity contribution in [3.8, 4) is 11.8 Å². The van der Waals surface area contributed by atoms with Gasteiger partial charge in [0, 0.05) is 17.6 Å². The largest absolute Gasteiger partial charge is 0.333 e. The van der Waals surface area contributed by atoms with Gasteiger partial charge in [0.15, 0.2) is 0 Å². The Kier molecular flexibility index (Phi) is 6.15. The van der Waals surface area contributed by atoms with E-state index in [0.717, 1.165) is 5.56 Å². The Morgan fingerprint density at radius 3 is 2.58 bits per heavy atom. The molecule has 124 valence electrons. The van der Waals surface area contributed by atoms with Crippen LogP contribution >= 0.6 is 0 Å². The zero-order valence-electron chi connectivity index (χ0n) is 13.7. The molecule has 1 heterocycles. The Labute approximate surface area is 141 Å². The third-order valence-corrected chi connectivity index (χ3v) is 3.18. The van der Waals surface area contributed by atoms with Gasteiger partial charge in [0.1, 0.15) is 11.9 Å². The number of rotatable bonds is 5. The molecule has 0 saturated carbocycles. The van der Waals surface area contributed by atoms with E-state index in [4.69, 9.17) is 0 Å². The van der Waals surface area contributed by atoms with E-state index < -0.39 is 11.9 Å². The van der Waals surface area contributed by atoms with Gasteiger partial charge in [0.05, 0.1) is 6.20 Å². The molecular formula is C18H20N4O2. The van der Waals surface area contributed by atoms with Crippen LogP contribution in [0, 0.1) is 17.8 Å². The molecule has 6 nitrogen and oxygen atoms in total. The number of hydrogen-bond acceptors (Lipinski definition) is 3. The SMILES string of the molecule is CC(C)CC(NC(=O)C#Cc1ccccc1)C(=O)Nc1ccn[nH]1. The highest BCUT2D eigenvalue weighted by molar-refractivity contribution is 6.00. The summed E-state index contributed by atoms with van der Waals surface area (Å²) >= 11 is 0. The van der Waals surface area contributed by atoms with Gasteiger partial charge in [-0.3, -0.25) is 14.7 Å². The number of nitrogens with one attached hydrogen (secondary N) is 3. The number of carbonyl (C=O) groups is 2. The first-order chi connectivity index (χ1) is 11.5. The lowest BCUT2D eigenvalue weighted by Gasteiger charge is -2.18. The topological polar surface area (TPSA) is 86.9 Å². The van der Waals surface area contributed by atoms with Crippen LogP contribution in [0.2, 0.25) is 0 Å². The Bertz CT molecular complexity index is 727. The van der Waals surface area contributed by atoms with Crippen molar-refractivity contribution in [2.75, 3.05) is 5.32 Å². The van der Waals surface area contributed by atoms with Crippen molar-refractivity contribution in [2.24, 2.45) is 5.92 Å². The molecule has 1 aromatic carbocycles. The van der Waals surface area contributed by atoms with E-state index in [0.29, 0.717) is 12.2 Å². The predicted molar refractivity (Wildman–Crippen MR) is 91.9 cm³/mol. The van der Waals surface area contributed by atoms with Crippen LogP contribution in [0.25, 0.3) is 0 Å². The lowest BCUT2D eigenvalue weighted by Crippen LogP contribution is -2.44. The fourth-order valence-electron chi connectivity index (χ4n) is 2.09. The number of benzene rings is 1. The van der Waals surface area contributed by atoms with Crippen molar-refractivity contribution in [2.45, 2.75) is 26.3 Å². The summed E-state index contributed by atoms with van der Waals surface area (Å²) in [7, 11) is 0. The van der Waals surface area contributed by atoms with Gasteiger partial charge in [-0.05, 0) is 24.5 Å². The second-order valence-corrected chi connectivity index (χ2v) is 5.73. The minimum absolute atomic E-state index is 0.241. The second-order valence-electron chi connectivity index (χ2n) is 5.73. The third kappa shape index (κ3) is 5.61. The van der Waals surface area contributed by atoms with Gasteiger partial charge in [-0.1, -0.05) is 38.0 Å². The van der Waals surface area contributed by atoms with Gasteiger partial charge < -0.3 is 10.6 Å². The van der Waals surface area contributed by atoms with Crippen LogP contribution in [0.3, 0.4) is 0 Å². The van der Waals surface area contributed by atoms with E-state index in [1.165, 1.54) is 6.20 Å². The van der Waals surface area contributed by atoms with Crippen LogP contribution in [0.5, 0.6) is 0 Å². The van der Waals surface area contributed by atoms with Crippen LogP contribution < -0.4 is 10.6 Å². The molecule has 0 bridgehead atoms. The number of hydrogen-bond donors (Lipinski definition) is 3. The Morgan fingerprint density at radius 2 is 1.96 bits per heavy atom. The first kappa shape index (κ1) is 17.3. The smallest absolute Gasteiger partial charge is 0.296 e. The van der Waals surface area contributed by atoms with Crippen molar-refractivity contribution in [3.63, 3.8) is 0 Å². The Balaban J connectivity index is 2.01. The molecule has 1 aromatic heterocycles. The average molecular weight is 324 g/mol. The highest BCUT2D eigenvalue weighted by atomic mass is 16.2. The maximum atomic E-state index is 12.3. The van der Waals surface area contributed by atoms with E-state index >= 15 is 0 Å². The highest BCUT2D eigenvalue weighted by Gasteiger charge is 2.21. The number of aromatic nitrogens is 2.